The van der Waals surface area contributed by atoms with Crippen LogP contribution in [0, 0.1) is 11.3 Å². The largest absolute Gasteiger partial charge is 0.379 e. The number of nitrogens with zero attached hydrogens (tertiary/aromatic N) is 4. The molecular weight excluding hydrogens is 304 g/mol. The quantitative estimate of drug-likeness (QED) is 0.815. The molecule has 0 N–H and O–H groups in total. The highest BCUT2D eigenvalue weighted by molar-refractivity contribution is 5.78. The van der Waals surface area contributed by atoms with Gasteiger partial charge in [-0.2, -0.15) is 5.26 Å². The average Bonchev–Trinajstić information content (AvgIpc) is 2.65. The second kappa shape index (κ2) is 8.25. The molecule has 0 radical (unpaired) electrons. The van der Waals surface area contributed by atoms with Crippen LogP contribution in [0.15, 0.2) is 30.3 Å². The maximum atomic E-state index is 12.4. The van der Waals surface area contributed by atoms with Crippen molar-refractivity contribution in [3.05, 3.63) is 35.9 Å². The summed E-state index contributed by atoms with van der Waals surface area (Å²) in [5.74, 6) is 0.185. The first kappa shape index (κ1) is 16.9. The summed E-state index contributed by atoms with van der Waals surface area (Å²) < 4.78 is 5.32. The fourth-order valence-corrected chi connectivity index (χ4v) is 3.28. The molecule has 0 spiro atoms. The van der Waals surface area contributed by atoms with E-state index in [-0.39, 0.29) is 11.9 Å². The molecule has 0 saturated carbocycles. The van der Waals surface area contributed by atoms with E-state index >= 15 is 0 Å². The van der Waals surface area contributed by atoms with Crippen LogP contribution in [0.5, 0.6) is 0 Å². The van der Waals surface area contributed by atoms with Crippen LogP contribution < -0.4 is 0 Å². The molecule has 6 heteroatoms. The van der Waals surface area contributed by atoms with E-state index in [1.165, 1.54) is 0 Å². The van der Waals surface area contributed by atoms with Crippen molar-refractivity contribution >= 4 is 5.91 Å². The summed E-state index contributed by atoms with van der Waals surface area (Å²) in [6.07, 6.45) is 0. The van der Waals surface area contributed by atoms with Gasteiger partial charge < -0.3 is 9.64 Å². The predicted molar refractivity (Wildman–Crippen MR) is 90.2 cm³/mol. The van der Waals surface area contributed by atoms with E-state index in [0.29, 0.717) is 32.8 Å². The van der Waals surface area contributed by atoms with Crippen molar-refractivity contribution in [3.8, 4) is 6.07 Å². The maximum Gasteiger partial charge on any atom is 0.236 e. The molecule has 0 aliphatic carbocycles. The topological polar surface area (TPSA) is 59.8 Å². The SMILES string of the molecule is N#CC(c1ccccc1)N1CCN(C(=O)CN2CCOCC2)CC1. The minimum Gasteiger partial charge on any atom is -0.379 e. The molecule has 1 aromatic carbocycles. The van der Waals surface area contributed by atoms with Crippen LogP contribution in [0.1, 0.15) is 11.6 Å². The zero-order valence-corrected chi connectivity index (χ0v) is 13.9. The van der Waals surface area contributed by atoms with Crippen molar-refractivity contribution in [2.24, 2.45) is 0 Å². The summed E-state index contributed by atoms with van der Waals surface area (Å²) in [6.45, 7) is 6.41. The molecule has 2 heterocycles. The zero-order valence-electron chi connectivity index (χ0n) is 13.9. The lowest BCUT2D eigenvalue weighted by Gasteiger charge is -2.38. The van der Waals surface area contributed by atoms with E-state index in [0.717, 1.165) is 31.7 Å². The zero-order chi connectivity index (χ0) is 16.8. The summed E-state index contributed by atoms with van der Waals surface area (Å²) in [6, 6.07) is 12.0. The van der Waals surface area contributed by atoms with Crippen LogP contribution in [0.2, 0.25) is 0 Å². The Morgan fingerprint density at radius 3 is 2.38 bits per heavy atom. The van der Waals surface area contributed by atoms with Gasteiger partial charge in [-0.05, 0) is 5.56 Å². The lowest BCUT2D eigenvalue weighted by atomic mass is 10.1. The number of rotatable bonds is 4. The third-order valence-electron chi connectivity index (χ3n) is 4.73. The second-order valence-corrected chi connectivity index (χ2v) is 6.25. The third kappa shape index (κ3) is 4.12. The Morgan fingerprint density at radius 1 is 1.08 bits per heavy atom. The third-order valence-corrected chi connectivity index (χ3v) is 4.73. The lowest BCUT2D eigenvalue weighted by Crippen LogP contribution is -2.52. The van der Waals surface area contributed by atoms with Gasteiger partial charge in [0.2, 0.25) is 5.91 Å². The molecule has 0 aromatic heterocycles. The van der Waals surface area contributed by atoms with Gasteiger partial charge in [-0.3, -0.25) is 14.6 Å². The monoisotopic (exact) mass is 328 g/mol. The van der Waals surface area contributed by atoms with Gasteiger partial charge in [0.25, 0.3) is 0 Å². The van der Waals surface area contributed by atoms with E-state index < -0.39 is 0 Å². The van der Waals surface area contributed by atoms with Gasteiger partial charge in [-0.1, -0.05) is 30.3 Å². The molecule has 1 unspecified atom stereocenters. The number of amides is 1. The van der Waals surface area contributed by atoms with Gasteiger partial charge in [0.15, 0.2) is 0 Å². The Kier molecular flexibility index (Phi) is 5.81. The summed E-state index contributed by atoms with van der Waals surface area (Å²) in [5.41, 5.74) is 1.02. The highest BCUT2D eigenvalue weighted by Crippen LogP contribution is 2.21. The molecule has 128 valence electrons. The summed E-state index contributed by atoms with van der Waals surface area (Å²) >= 11 is 0. The first-order chi connectivity index (χ1) is 11.8. The first-order valence-corrected chi connectivity index (χ1v) is 8.54. The Balaban J connectivity index is 1.51. The number of carbonyl (C=O) groups excluding carboxylic acids is 1. The van der Waals surface area contributed by atoms with Gasteiger partial charge in [0.1, 0.15) is 6.04 Å². The predicted octanol–water partition coefficient (Wildman–Crippen LogP) is 0.728. The van der Waals surface area contributed by atoms with E-state index in [2.05, 4.69) is 15.9 Å². The number of hydrogen-bond donors (Lipinski definition) is 0. The molecule has 0 bridgehead atoms. The summed E-state index contributed by atoms with van der Waals surface area (Å²) in [5, 5.41) is 9.53. The maximum absolute atomic E-state index is 12.4. The number of morpholine rings is 1. The number of carbonyl (C=O) groups is 1. The van der Waals surface area contributed by atoms with Crippen LogP contribution in [-0.2, 0) is 9.53 Å². The molecule has 1 amide bonds. The van der Waals surface area contributed by atoms with Crippen molar-refractivity contribution < 1.29 is 9.53 Å². The van der Waals surface area contributed by atoms with Crippen molar-refractivity contribution in [3.63, 3.8) is 0 Å². The molecule has 24 heavy (non-hydrogen) atoms. The molecular formula is C18H24N4O2. The molecule has 6 nitrogen and oxygen atoms in total. The van der Waals surface area contributed by atoms with E-state index in [4.69, 9.17) is 4.74 Å². The highest BCUT2D eigenvalue weighted by Gasteiger charge is 2.27. The first-order valence-electron chi connectivity index (χ1n) is 8.54. The van der Waals surface area contributed by atoms with Crippen LogP contribution >= 0.6 is 0 Å². The van der Waals surface area contributed by atoms with E-state index in [1.54, 1.807) is 0 Å². The number of ether oxygens (including phenoxy) is 1. The molecule has 2 aliphatic rings. The Hall–Kier alpha value is -1.94. The average molecular weight is 328 g/mol. The molecule has 1 aromatic rings. The fourth-order valence-electron chi connectivity index (χ4n) is 3.28. The van der Waals surface area contributed by atoms with Crippen LogP contribution in [-0.4, -0.2) is 79.6 Å². The van der Waals surface area contributed by atoms with Crippen molar-refractivity contribution in [1.29, 1.82) is 5.26 Å². The molecule has 2 fully saturated rings. The smallest absolute Gasteiger partial charge is 0.236 e. The van der Waals surface area contributed by atoms with Gasteiger partial charge >= 0.3 is 0 Å². The van der Waals surface area contributed by atoms with Crippen LogP contribution in [0.4, 0.5) is 0 Å². The van der Waals surface area contributed by atoms with Gasteiger partial charge in [-0.15, -0.1) is 0 Å². The lowest BCUT2D eigenvalue weighted by molar-refractivity contribution is -0.135. The minimum absolute atomic E-state index is 0.185. The van der Waals surface area contributed by atoms with E-state index in [1.807, 2.05) is 35.2 Å². The number of nitriles is 1. The van der Waals surface area contributed by atoms with Crippen LogP contribution in [0.3, 0.4) is 0 Å². The van der Waals surface area contributed by atoms with Crippen molar-refractivity contribution in [1.82, 2.24) is 14.7 Å². The molecule has 3 rings (SSSR count). The Labute approximate surface area is 143 Å². The number of hydrogen-bond acceptors (Lipinski definition) is 5. The highest BCUT2D eigenvalue weighted by atomic mass is 16.5. The molecule has 2 saturated heterocycles. The van der Waals surface area contributed by atoms with Gasteiger partial charge in [-0.25, -0.2) is 0 Å². The Bertz CT molecular complexity index is 572. The summed E-state index contributed by atoms with van der Waals surface area (Å²) in [4.78, 5) is 18.7. The standard InChI is InChI=1S/C18H24N4O2/c19-14-17(16-4-2-1-3-5-16)21-6-8-22(9-7-21)18(23)15-20-10-12-24-13-11-20/h1-5,17H,6-13,15H2. The fraction of sp³-hybridized carbons (Fsp3) is 0.556. The Morgan fingerprint density at radius 2 is 1.75 bits per heavy atom. The summed E-state index contributed by atoms with van der Waals surface area (Å²) in [7, 11) is 0. The molecule has 2 aliphatic heterocycles. The normalized spacial score (nSPS) is 21.2. The number of piperazine rings is 1. The van der Waals surface area contributed by atoms with Gasteiger partial charge in [0, 0.05) is 39.3 Å². The van der Waals surface area contributed by atoms with E-state index in [9.17, 15) is 10.1 Å². The van der Waals surface area contributed by atoms with Gasteiger partial charge in [0.05, 0.1) is 25.8 Å². The number of benzene rings is 1. The van der Waals surface area contributed by atoms with Crippen LogP contribution in [0.25, 0.3) is 0 Å². The molecule has 1 atom stereocenters. The minimum atomic E-state index is -0.234. The van der Waals surface area contributed by atoms with Crippen molar-refractivity contribution in [2.75, 3.05) is 59.0 Å². The van der Waals surface area contributed by atoms with Crippen molar-refractivity contribution in [2.45, 2.75) is 6.04 Å². The second-order valence-electron chi connectivity index (χ2n) is 6.25.